The summed E-state index contributed by atoms with van der Waals surface area (Å²) in [7, 11) is 0. The number of allylic oxidation sites excluding steroid dienone is 1. The highest BCUT2D eigenvalue weighted by molar-refractivity contribution is 7.11. The average molecular weight is 294 g/mol. The number of nitriles is 1. The van der Waals surface area contributed by atoms with E-state index in [-0.39, 0.29) is 0 Å². The van der Waals surface area contributed by atoms with Gasteiger partial charge in [0, 0.05) is 9.90 Å². The molecule has 1 aromatic carbocycles. The maximum Gasteiger partial charge on any atom is 0.102 e. The van der Waals surface area contributed by atoms with Crippen LogP contribution in [0.5, 0.6) is 0 Å². The highest BCUT2D eigenvalue weighted by Crippen LogP contribution is 2.34. The lowest BCUT2D eigenvalue weighted by molar-refractivity contribution is 1.44. The molecule has 0 bridgehead atoms. The van der Waals surface area contributed by atoms with E-state index in [2.05, 4.69) is 6.07 Å². The lowest BCUT2D eigenvalue weighted by Gasteiger charge is -2.07. The molecular weight excluding hydrogens is 285 g/mol. The molecule has 0 spiro atoms. The SMILES string of the molecule is Cc1c(Cl)cccc1/C(Cl)=C(/C#N)c1cccs1. The van der Waals surface area contributed by atoms with Crippen molar-refractivity contribution in [3.8, 4) is 6.07 Å². The van der Waals surface area contributed by atoms with E-state index >= 15 is 0 Å². The number of benzene rings is 1. The number of nitrogens with zero attached hydrogens (tertiary/aromatic N) is 1. The Morgan fingerprint density at radius 2 is 2.06 bits per heavy atom. The van der Waals surface area contributed by atoms with Crippen molar-refractivity contribution in [3.63, 3.8) is 0 Å². The maximum absolute atomic E-state index is 9.27. The summed E-state index contributed by atoms with van der Waals surface area (Å²) in [5.74, 6) is 0. The van der Waals surface area contributed by atoms with Crippen LogP contribution >= 0.6 is 34.5 Å². The standard InChI is InChI=1S/C14H9Cl2NS/c1-9-10(4-2-5-12(9)15)14(16)11(8-17)13-6-3-7-18-13/h2-7H,1H3/b14-11+. The molecule has 90 valence electrons. The molecule has 2 aromatic rings. The van der Waals surface area contributed by atoms with Gasteiger partial charge >= 0.3 is 0 Å². The highest BCUT2D eigenvalue weighted by atomic mass is 35.5. The first kappa shape index (κ1) is 13.2. The lowest BCUT2D eigenvalue weighted by atomic mass is 10.0. The zero-order valence-electron chi connectivity index (χ0n) is 9.58. The van der Waals surface area contributed by atoms with Crippen molar-refractivity contribution in [1.82, 2.24) is 0 Å². The molecule has 0 atom stereocenters. The lowest BCUT2D eigenvalue weighted by Crippen LogP contribution is -1.88. The predicted octanol–water partition coefficient (Wildman–Crippen LogP) is 5.34. The van der Waals surface area contributed by atoms with E-state index in [1.54, 1.807) is 0 Å². The molecule has 0 saturated carbocycles. The van der Waals surface area contributed by atoms with Crippen LogP contribution in [0.25, 0.3) is 10.6 Å². The molecule has 0 aliphatic heterocycles. The van der Waals surface area contributed by atoms with E-state index in [1.165, 1.54) is 11.3 Å². The summed E-state index contributed by atoms with van der Waals surface area (Å²) in [6, 6.07) is 11.4. The van der Waals surface area contributed by atoms with Gasteiger partial charge in [-0.25, -0.2) is 0 Å². The van der Waals surface area contributed by atoms with Gasteiger partial charge in [-0.05, 0) is 35.6 Å². The first-order valence-corrected chi connectivity index (χ1v) is 6.88. The minimum Gasteiger partial charge on any atom is -0.192 e. The molecule has 4 heteroatoms. The summed E-state index contributed by atoms with van der Waals surface area (Å²) in [5.41, 5.74) is 2.17. The van der Waals surface area contributed by atoms with Crippen molar-refractivity contribution in [2.24, 2.45) is 0 Å². The van der Waals surface area contributed by atoms with E-state index in [4.69, 9.17) is 23.2 Å². The number of hydrogen-bond acceptors (Lipinski definition) is 2. The fraction of sp³-hybridized carbons (Fsp3) is 0.0714. The minimum absolute atomic E-state index is 0.444. The van der Waals surface area contributed by atoms with Crippen molar-refractivity contribution < 1.29 is 0 Å². The quantitative estimate of drug-likeness (QED) is 0.686. The number of halogens is 2. The summed E-state index contributed by atoms with van der Waals surface area (Å²) >= 11 is 13.9. The first-order valence-electron chi connectivity index (χ1n) is 5.24. The average Bonchev–Trinajstić information content (AvgIpc) is 2.87. The molecule has 2 rings (SSSR count). The molecule has 0 aliphatic rings. The monoisotopic (exact) mass is 293 g/mol. The molecule has 0 N–H and O–H groups in total. The molecule has 0 saturated heterocycles. The Hall–Kier alpha value is -1.27. The molecule has 0 radical (unpaired) electrons. The fourth-order valence-corrected chi connectivity index (χ4v) is 2.92. The Bertz CT molecular complexity index is 636. The first-order chi connectivity index (χ1) is 8.65. The van der Waals surface area contributed by atoms with E-state index in [0.717, 1.165) is 16.0 Å². The van der Waals surface area contributed by atoms with E-state index in [0.29, 0.717) is 15.6 Å². The minimum atomic E-state index is 0.444. The number of thiophene rings is 1. The Morgan fingerprint density at radius 1 is 1.28 bits per heavy atom. The van der Waals surface area contributed by atoms with Crippen LogP contribution in [0.2, 0.25) is 5.02 Å². The van der Waals surface area contributed by atoms with Crippen molar-refractivity contribution >= 4 is 45.1 Å². The molecule has 1 nitrogen and oxygen atoms in total. The van der Waals surface area contributed by atoms with Gasteiger partial charge in [0.1, 0.15) is 6.07 Å². The van der Waals surface area contributed by atoms with Crippen LogP contribution in [0.15, 0.2) is 35.7 Å². The third kappa shape index (κ3) is 2.44. The van der Waals surface area contributed by atoms with Gasteiger partial charge in [-0.15, -0.1) is 11.3 Å². The van der Waals surface area contributed by atoms with Crippen molar-refractivity contribution in [2.75, 3.05) is 0 Å². The van der Waals surface area contributed by atoms with Crippen LogP contribution in [0.1, 0.15) is 16.0 Å². The fourth-order valence-electron chi connectivity index (χ4n) is 1.61. The van der Waals surface area contributed by atoms with Crippen molar-refractivity contribution in [3.05, 3.63) is 56.7 Å². The summed E-state index contributed by atoms with van der Waals surface area (Å²) in [4.78, 5) is 0.863. The van der Waals surface area contributed by atoms with Crippen LogP contribution in [0.4, 0.5) is 0 Å². The summed E-state index contributed by atoms with van der Waals surface area (Å²) in [5, 5.41) is 12.3. The number of hydrogen-bond donors (Lipinski definition) is 0. The summed E-state index contributed by atoms with van der Waals surface area (Å²) in [6.45, 7) is 1.89. The third-order valence-corrected chi connectivity index (χ3v) is 4.29. The highest BCUT2D eigenvalue weighted by Gasteiger charge is 2.13. The largest absolute Gasteiger partial charge is 0.192 e. The molecular formula is C14H9Cl2NS. The van der Waals surface area contributed by atoms with Crippen LogP contribution in [0, 0.1) is 18.3 Å². The Labute approximate surface area is 120 Å². The molecule has 0 fully saturated rings. The van der Waals surface area contributed by atoms with Crippen LogP contribution < -0.4 is 0 Å². The second kappa shape index (κ2) is 5.58. The third-order valence-electron chi connectivity index (χ3n) is 2.60. The Balaban J connectivity index is 2.62. The second-order valence-corrected chi connectivity index (χ2v) is 5.42. The van der Waals surface area contributed by atoms with Crippen molar-refractivity contribution in [2.45, 2.75) is 6.92 Å². The topological polar surface area (TPSA) is 23.8 Å². The van der Waals surface area contributed by atoms with E-state index < -0.39 is 0 Å². The van der Waals surface area contributed by atoms with Gasteiger partial charge in [-0.2, -0.15) is 5.26 Å². The van der Waals surface area contributed by atoms with Gasteiger partial charge in [0.2, 0.25) is 0 Å². The molecule has 0 unspecified atom stereocenters. The van der Waals surface area contributed by atoms with Gasteiger partial charge in [0.25, 0.3) is 0 Å². The van der Waals surface area contributed by atoms with Gasteiger partial charge in [-0.3, -0.25) is 0 Å². The van der Waals surface area contributed by atoms with Crippen molar-refractivity contribution in [1.29, 1.82) is 5.26 Å². The molecule has 1 heterocycles. The molecule has 0 aliphatic carbocycles. The predicted molar refractivity (Wildman–Crippen MR) is 78.8 cm³/mol. The Kier molecular flexibility index (Phi) is 4.08. The zero-order valence-corrected chi connectivity index (χ0v) is 11.9. The Morgan fingerprint density at radius 3 is 2.67 bits per heavy atom. The van der Waals surface area contributed by atoms with Gasteiger partial charge in [0.05, 0.1) is 10.6 Å². The van der Waals surface area contributed by atoms with Gasteiger partial charge in [0.15, 0.2) is 0 Å². The normalized spacial score (nSPS) is 11.9. The smallest absolute Gasteiger partial charge is 0.102 e. The van der Waals surface area contributed by atoms with E-state index in [1.807, 2.05) is 42.6 Å². The molecule has 18 heavy (non-hydrogen) atoms. The summed E-state index contributed by atoms with van der Waals surface area (Å²) < 4.78 is 0. The van der Waals surface area contributed by atoms with Crippen LogP contribution in [0.3, 0.4) is 0 Å². The van der Waals surface area contributed by atoms with Crippen LogP contribution in [-0.4, -0.2) is 0 Å². The van der Waals surface area contributed by atoms with Gasteiger partial charge < -0.3 is 0 Å². The van der Waals surface area contributed by atoms with Gasteiger partial charge in [-0.1, -0.05) is 41.4 Å². The number of rotatable bonds is 2. The molecule has 1 aromatic heterocycles. The second-order valence-electron chi connectivity index (χ2n) is 3.69. The molecule has 0 amide bonds. The maximum atomic E-state index is 9.27. The summed E-state index contributed by atoms with van der Waals surface area (Å²) in [6.07, 6.45) is 0. The van der Waals surface area contributed by atoms with E-state index in [9.17, 15) is 5.26 Å². The van der Waals surface area contributed by atoms with Crippen LogP contribution in [-0.2, 0) is 0 Å². The zero-order chi connectivity index (χ0) is 13.1.